The molecule has 1 N–H and O–H groups in total. The number of nitrogens with one attached hydrogen (secondary N) is 1. The maximum Gasteiger partial charge on any atom is 0.256 e. The summed E-state index contributed by atoms with van der Waals surface area (Å²) >= 11 is 1.85. The predicted molar refractivity (Wildman–Crippen MR) is 107 cm³/mol. The molecule has 9 heteroatoms. The quantitative estimate of drug-likeness (QED) is 0.776. The number of likely N-dealkylation sites (tertiary alicyclic amines) is 1. The summed E-state index contributed by atoms with van der Waals surface area (Å²) in [6, 6.07) is 3.50. The number of amides is 3. The first-order valence-corrected chi connectivity index (χ1v) is 10.8. The van der Waals surface area contributed by atoms with Crippen LogP contribution < -0.4 is 10.2 Å². The first kappa shape index (κ1) is 19.0. The zero-order valence-corrected chi connectivity index (χ0v) is 16.8. The summed E-state index contributed by atoms with van der Waals surface area (Å²) < 4.78 is 0. The Hall–Kier alpha value is -2.29. The van der Waals surface area contributed by atoms with Gasteiger partial charge in [0, 0.05) is 57.2 Å². The molecule has 0 saturated carbocycles. The number of carbonyl (C=O) groups excluding carboxylic acids is 3. The lowest BCUT2D eigenvalue weighted by Crippen LogP contribution is -2.63. The molecule has 4 rings (SSSR count). The highest BCUT2D eigenvalue weighted by Crippen LogP contribution is 2.35. The minimum absolute atomic E-state index is 0.0117. The fourth-order valence-corrected chi connectivity index (χ4v) is 5.05. The van der Waals surface area contributed by atoms with Gasteiger partial charge in [0.1, 0.15) is 11.5 Å². The van der Waals surface area contributed by atoms with E-state index in [-0.39, 0.29) is 30.7 Å². The van der Waals surface area contributed by atoms with Crippen LogP contribution in [0.2, 0.25) is 0 Å². The minimum atomic E-state index is -0.659. The predicted octanol–water partition coefficient (Wildman–Crippen LogP) is 0.545. The van der Waals surface area contributed by atoms with E-state index in [2.05, 4.69) is 10.3 Å². The largest absolute Gasteiger partial charge is 0.340 e. The molecule has 3 amide bonds. The number of hydrogen-bond donors (Lipinski definition) is 1. The number of thioether (sulfide) groups is 1. The maximum atomic E-state index is 12.7. The zero-order valence-electron chi connectivity index (χ0n) is 16.0. The molecular weight excluding hydrogens is 378 g/mol. The van der Waals surface area contributed by atoms with E-state index in [0.717, 1.165) is 24.6 Å². The van der Waals surface area contributed by atoms with Gasteiger partial charge in [0.2, 0.25) is 11.8 Å². The first-order chi connectivity index (χ1) is 13.5. The van der Waals surface area contributed by atoms with E-state index < -0.39 is 5.66 Å². The van der Waals surface area contributed by atoms with Crippen molar-refractivity contribution in [3.05, 3.63) is 23.9 Å². The van der Waals surface area contributed by atoms with Gasteiger partial charge >= 0.3 is 0 Å². The number of rotatable bonds is 2. The second-order valence-electron chi connectivity index (χ2n) is 7.48. The third-order valence-corrected chi connectivity index (χ3v) is 6.87. The Morgan fingerprint density at radius 3 is 2.82 bits per heavy atom. The third-order valence-electron chi connectivity index (χ3n) is 5.93. The molecule has 0 aliphatic carbocycles. The molecule has 4 heterocycles. The Balaban J connectivity index is 1.49. The van der Waals surface area contributed by atoms with Crippen molar-refractivity contribution >= 4 is 35.3 Å². The van der Waals surface area contributed by atoms with Crippen molar-refractivity contribution in [2.75, 3.05) is 49.6 Å². The Labute approximate surface area is 168 Å². The van der Waals surface area contributed by atoms with Gasteiger partial charge < -0.3 is 20.0 Å². The van der Waals surface area contributed by atoms with Crippen LogP contribution in [0.3, 0.4) is 0 Å². The summed E-state index contributed by atoms with van der Waals surface area (Å²) in [6.07, 6.45) is 3.01. The fourth-order valence-electron chi connectivity index (χ4n) is 4.15. The van der Waals surface area contributed by atoms with Crippen LogP contribution in [0.4, 0.5) is 5.82 Å². The van der Waals surface area contributed by atoms with Crippen LogP contribution in [0.1, 0.15) is 29.6 Å². The van der Waals surface area contributed by atoms with Gasteiger partial charge in [-0.25, -0.2) is 4.98 Å². The number of hydrogen-bond acceptors (Lipinski definition) is 6. The summed E-state index contributed by atoms with van der Waals surface area (Å²) in [5.41, 5.74) is -0.116. The van der Waals surface area contributed by atoms with E-state index in [1.54, 1.807) is 23.2 Å². The highest BCUT2D eigenvalue weighted by Gasteiger charge is 2.45. The molecule has 0 radical (unpaired) electrons. The molecule has 1 aromatic heterocycles. The summed E-state index contributed by atoms with van der Waals surface area (Å²) in [6.45, 7) is 2.04. The number of aromatic nitrogens is 1. The number of carbonyl (C=O) groups is 3. The molecule has 28 heavy (non-hydrogen) atoms. The van der Waals surface area contributed by atoms with Crippen molar-refractivity contribution in [2.45, 2.75) is 24.9 Å². The minimum Gasteiger partial charge on any atom is -0.340 e. The van der Waals surface area contributed by atoms with Crippen LogP contribution >= 0.6 is 11.8 Å². The molecule has 2 saturated heterocycles. The Morgan fingerprint density at radius 2 is 2.04 bits per heavy atom. The standard InChI is InChI=1S/C19H25N5O3S/c1-22-17-14(3-2-7-20-17)18(27)21-19(22)5-4-15(25)24(8-6-19)13-16(26)23-9-11-28-12-10-23/h2-3,7H,4-6,8-13H2,1H3,(H,21,27). The van der Waals surface area contributed by atoms with Gasteiger partial charge in [-0.1, -0.05) is 0 Å². The Morgan fingerprint density at radius 1 is 1.25 bits per heavy atom. The summed E-state index contributed by atoms with van der Waals surface area (Å²) in [7, 11) is 1.90. The molecule has 3 aliphatic heterocycles. The molecular formula is C19H25N5O3S. The average molecular weight is 404 g/mol. The maximum absolute atomic E-state index is 12.7. The van der Waals surface area contributed by atoms with Gasteiger partial charge in [0.05, 0.1) is 12.1 Å². The molecule has 0 aromatic carbocycles. The summed E-state index contributed by atoms with van der Waals surface area (Å²) in [5, 5.41) is 3.11. The SMILES string of the molecule is CN1c2ncccc2C(=O)NC12CCC(=O)N(CC(=O)N1CCSCC1)CC2. The normalized spacial score (nSPS) is 25.4. The van der Waals surface area contributed by atoms with Gasteiger partial charge in [-0.15, -0.1) is 0 Å². The van der Waals surface area contributed by atoms with E-state index in [0.29, 0.717) is 30.8 Å². The highest BCUT2D eigenvalue weighted by molar-refractivity contribution is 7.99. The van der Waals surface area contributed by atoms with Gasteiger partial charge in [-0.05, 0) is 18.6 Å². The van der Waals surface area contributed by atoms with E-state index >= 15 is 0 Å². The van der Waals surface area contributed by atoms with Crippen LogP contribution in [0.5, 0.6) is 0 Å². The summed E-state index contributed by atoms with van der Waals surface area (Å²) in [5.74, 6) is 2.35. The van der Waals surface area contributed by atoms with E-state index in [1.165, 1.54) is 0 Å². The molecule has 1 spiro atoms. The topological polar surface area (TPSA) is 85.9 Å². The fraction of sp³-hybridized carbons (Fsp3) is 0.579. The van der Waals surface area contributed by atoms with Crippen LogP contribution in [0.25, 0.3) is 0 Å². The Kier molecular flexibility index (Phi) is 5.18. The van der Waals surface area contributed by atoms with Crippen LogP contribution in [0, 0.1) is 0 Å². The average Bonchev–Trinajstić information content (AvgIpc) is 2.87. The smallest absolute Gasteiger partial charge is 0.256 e. The Bertz CT molecular complexity index is 798. The molecule has 1 unspecified atom stereocenters. The third kappa shape index (κ3) is 3.43. The molecule has 3 aliphatic rings. The number of pyridine rings is 1. The monoisotopic (exact) mass is 403 g/mol. The lowest BCUT2D eigenvalue weighted by atomic mass is 9.94. The van der Waals surface area contributed by atoms with Gasteiger partial charge in [-0.3, -0.25) is 14.4 Å². The van der Waals surface area contributed by atoms with Crippen molar-refractivity contribution in [3.8, 4) is 0 Å². The second-order valence-corrected chi connectivity index (χ2v) is 8.70. The lowest BCUT2D eigenvalue weighted by Gasteiger charge is -2.46. The lowest BCUT2D eigenvalue weighted by molar-refractivity contribution is -0.140. The zero-order chi connectivity index (χ0) is 19.7. The van der Waals surface area contributed by atoms with E-state index in [9.17, 15) is 14.4 Å². The van der Waals surface area contributed by atoms with Crippen LogP contribution in [-0.2, 0) is 9.59 Å². The van der Waals surface area contributed by atoms with Crippen molar-refractivity contribution < 1.29 is 14.4 Å². The van der Waals surface area contributed by atoms with Crippen molar-refractivity contribution in [1.82, 2.24) is 20.1 Å². The van der Waals surface area contributed by atoms with E-state index in [1.807, 2.05) is 28.6 Å². The van der Waals surface area contributed by atoms with Crippen molar-refractivity contribution in [3.63, 3.8) is 0 Å². The van der Waals surface area contributed by atoms with Gasteiger partial charge in [0.15, 0.2) is 0 Å². The van der Waals surface area contributed by atoms with Crippen molar-refractivity contribution in [1.29, 1.82) is 0 Å². The van der Waals surface area contributed by atoms with Gasteiger partial charge in [-0.2, -0.15) is 11.8 Å². The second kappa shape index (κ2) is 7.62. The molecule has 8 nitrogen and oxygen atoms in total. The molecule has 1 aromatic rings. The molecule has 1 atom stereocenters. The number of nitrogens with zero attached hydrogens (tertiary/aromatic N) is 4. The first-order valence-electron chi connectivity index (χ1n) is 9.65. The van der Waals surface area contributed by atoms with Crippen LogP contribution in [0.15, 0.2) is 18.3 Å². The summed E-state index contributed by atoms with van der Waals surface area (Å²) in [4.78, 5) is 47.8. The van der Waals surface area contributed by atoms with E-state index in [4.69, 9.17) is 0 Å². The molecule has 2 fully saturated rings. The number of anilines is 1. The molecule has 0 bridgehead atoms. The highest BCUT2D eigenvalue weighted by atomic mass is 32.2. The van der Waals surface area contributed by atoms with Gasteiger partial charge in [0.25, 0.3) is 5.91 Å². The van der Waals surface area contributed by atoms with Crippen molar-refractivity contribution in [2.24, 2.45) is 0 Å². The number of fused-ring (bicyclic) bond motifs is 1. The molecule has 150 valence electrons. The van der Waals surface area contributed by atoms with Crippen LogP contribution in [-0.4, -0.2) is 82.9 Å².